The summed E-state index contributed by atoms with van der Waals surface area (Å²) in [7, 11) is -3.43. The number of phenolic OH excluding ortho intramolecular Hbond substituents is 2. The number of azo groups is 1. The van der Waals surface area contributed by atoms with Crippen LogP contribution in [-0.2, 0) is 10.1 Å². The summed E-state index contributed by atoms with van der Waals surface area (Å²) < 4.78 is 39.9. The maximum atomic E-state index is 11.6. The van der Waals surface area contributed by atoms with E-state index in [1.165, 1.54) is 25.3 Å². The molecule has 8 nitrogen and oxygen atoms in total. The molecule has 0 atom stereocenters. The van der Waals surface area contributed by atoms with Crippen LogP contribution in [0, 0.1) is 0 Å². The molecule has 0 aliphatic heterocycles. The second-order valence-corrected chi connectivity index (χ2v) is 6.62. The Labute approximate surface area is 177 Å². The van der Waals surface area contributed by atoms with Gasteiger partial charge in [0.1, 0.15) is 33.0 Å². The van der Waals surface area contributed by atoms with Crippen molar-refractivity contribution in [2.24, 2.45) is 10.2 Å². The maximum Gasteiger partial charge on any atom is 1.00 e. The first-order valence-corrected chi connectivity index (χ1v) is 8.72. The van der Waals surface area contributed by atoms with Crippen LogP contribution in [0.1, 0.15) is 0 Å². The molecule has 0 bridgehead atoms. The molecule has 0 saturated heterocycles. The molecule has 0 unspecified atom stereocenters. The van der Waals surface area contributed by atoms with Crippen LogP contribution in [-0.4, -0.2) is 30.3 Å². The fourth-order valence-corrected chi connectivity index (χ4v) is 3.19. The van der Waals surface area contributed by atoms with Crippen LogP contribution >= 0.6 is 0 Å². The number of benzene rings is 3. The molecular weight excluding hydrogens is 383 g/mol. The Kier molecular flexibility index (Phi) is 6.45. The van der Waals surface area contributed by atoms with E-state index in [0.29, 0.717) is 11.4 Å². The zero-order chi connectivity index (χ0) is 18.9. The molecular formula is C17H13N2NaO6S. The zero-order valence-electron chi connectivity index (χ0n) is 14.4. The van der Waals surface area contributed by atoms with E-state index in [0.717, 1.165) is 6.07 Å². The molecule has 0 aromatic heterocycles. The summed E-state index contributed by atoms with van der Waals surface area (Å²) in [6.07, 6.45) is 0. The van der Waals surface area contributed by atoms with Crippen molar-refractivity contribution in [2.45, 2.75) is 4.90 Å². The van der Waals surface area contributed by atoms with E-state index in [-0.39, 0.29) is 51.8 Å². The molecule has 0 radical (unpaired) electrons. The summed E-state index contributed by atoms with van der Waals surface area (Å²) >= 11 is 0. The number of phenols is 2. The van der Waals surface area contributed by atoms with Gasteiger partial charge < -0.3 is 19.5 Å². The molecule has 2 N–H and O–H groups in total. The van der Waals surface area contributed by atoms with E-state index in [1.54, 1.807) is 24.3 Å². The first-order chi connectivity index (χ1) is 12.3. The van der Waals surface area contributed by atoms with Crippen molar-refractivity contribution in [1.29, 1.82) is 0 Å². The number of fused-ring (bicyclic) bond motifs is 1. The van der Waals surface area contributed by atoms with Crippen molar-refractivity contribution >= 4 is 32.3 Å². The standard InChI is InChI=1S/C17H14N2O6S.Na/c1-25-14-8-3-2-6-11(14)18-19-12-9-15(26(22,23)24)10-5-4-7-13(20)16(10)17(12)21;/h2-9,20-21H,1H3,(H,22,23,24);/q;+1/p-1/b19-18+;. The van der Waals surface area contributed by atoms with E-state index >= 15 is 0 Å². The molecule has 134 valence electrons. The van der Waals surface area contributed by atoms with Crippen LogP contribution in [0.2, 0.25) is 0 Å². The summed E-state index contributed by atoms with van der Waals surface area (Å²) in [6, 6.07) is 11.5. The van der Waals surface area contributed by atoms with Gasteiger partial charge in [-0.15, -0.1) is 10.2 Å². The maximum absolute atomic E-state index is 11.6. The van der Waals surface area contributed by atoms with Gasteiger partial charge in [0.2, 0.25) is 0 Å². The summed E-state index contributed by atoms with van der Waals surface area (Å²) in [5.41, 5.74) is 0.0534. The number of methoxy groups -OCH3 is 1. The van der Waals surface area contributed by atoms with Gasteiger partial charge >= 0.3 is 29.6 Å². The Bertz CT molecular complexity index is 1130. The minimum Gasteiger partial charge on any atom is -0.744 e. The third kappa shape index (κ3) is 4.23. The normalized spacial score (nSPS) is 11.5. The number of hydrogen-bond donors (Lipinski definition) is 2. The average Bonchev–Trinajstić information content (AvgIpc) is 2.60. The van der Waals surface area contributed by atoms with Crippen molar-refractivity contribution < 1.29 is 57.5 Å². The van der Waals surface area contributed by atoms with E-state index in [2.05, 4.69) is 10.2 Å². The predicted octanol–water partition coefficient (Wildman–Crippen LogP) is 0.583. The minimum absolute atomic E-state index is 0. The van der Waals surface area contributed by atoms with Gasteiger partial charge in [-0.05, 0) is 24.3 Å². The van der Waals surface area contributed by atoms with Crippen LogP contribution in [0.3, 0.4) is 0 Å². The Morgan fingerprint density at radius 3 is 2.33 bits per heavy atom. The molecule has 0 aliphatic carbocycles. The second kappa shape index (κ2) is 8.24. The number of para-hydroxylation sites is 1. The van der Waals surface area contributed by atoms with Gasteiger partial charge in [-0.2, -0.15) is 0 Å². The van der Waals surface area contributed by atoms with Crippen LogP contribution in [0.5, 0.6) is 17.2 Å². The second-order valence-electron chi connectivity index (χ2n) is 5.27. The zero-order valence-corrected chi connectivity index (χ0v) is 17.3. The Morgan fingerprint density at radius 1 is 1.00 bits per heavy atom. The smallest absolute Gasteiger partial charge is 0.744 e. The first kappa shape index (κ1) is 21.1. The van der Waals surface area contributed by atoms with E-state index in [1.807, 2.05) is 0 Å². The molecule has 0 heterocycles. The molecule has 3 aromatic carbocycles. The molecule has 0 amide bonds. The molecule has 0 fully saturated rings. The van der Waals surface area contributed by atoms with Gasteiger partial charge in [-0.25, -0.2) is 8.42 Å². The quantitative estimate of drug-likeness (QED) is 0.377. The molecule has 3 rings (SSSR count). The third-order valence-corrected chi connectivity index (χ3v) is 4.55. The summed E-state index contributed by atoms with van der Waals surface area (Å²) in [6.45, 7) is 0. The Hall–Kier alpha value is -2.17. The van der Waals surface area contributed by atoms with Crippen molar-refractivity contribution in [3.63, 3.8) is 0 Å². The van der Waals surface area contributed by atoms with Crippen LogP contribution in [0.25, 0.3) is 10.8 Å². The molecule has 27 heavy (non-hydrogen) atoms. The summed E-state index contributed by atoms with van der Waals surface area (Å²) in [5.74, 6) is -0.473. The number of nitrogens with zero attached hydrogens (tertiary/aromatic N) is 2. The van der Waals surface area contributed by atoms with E-state index in [9.17, 15) is 23.2 Å². The monoisotopic (exact) mass is 396 g/mol. The van der Waals surface area contributed by atoms with Crippen molar-refractivity contribution in [3.8, 4) is 17.2 Å². The fraction of sp³-hybridized carbons (Fsp3) is 0.0588. The number of aromatic hydroxyl groups is 2. The number of rotatable bonds is 4. The SMILES string of the molecule is COc1ccccc1/N=N/c1cc(S(=O)(=O)[O-])c2cccc(O)c2c1O.[Na+]. The van der Waals surface area contributed by atoms with Gasteiger partial charge in [0.25, 0.3) is 0 Å². The first-order valence-electron chi connectivity index (χ1n) is 7.31. The van der Waals surface area contributed by atoms with E-state index in [4.69, 9.17) is 4.74 Å². The number of ether oxygens (including phenoxy) is 1. The topological polar surface area (TPSA) is 132 Å². The van der Waals surface area contributed by atoms with Gasteiger partial charge in [-0.3, -0.25) is 0 Å². The molecule has 3 aromatic rings. The van der Waals surface area contributed by atoms with Crippen molar-refractivity contribution in [1.82, 2.24) is 0 Å². The van der Waals surface area contributed by atoms with Crippen LogP contribution in [0.4, 0.5) is 11.4 Å². The largest absolute Gasteiger partial charge is 1.00 e. The average molecular weight is 396 g/mol. The molecule has 0 aliphatic rings. The van der Waals surface area contributed by atoms with Gasteiger partial charge in [0.15, 0.2) is 5.75 Å². The van der Waals surface area contributed by atoms with Gasteiger partial charge in [-0.1, -0.05) is 24.3 Å². The van der Waals surface area contributed by atoms with Gasteiger partial charge in [0, 0.05) is 5.39 Å². The predicted molar refractivity (Wildman–Crippen MR) is 92.4 cm³/mol. The summed E-state index contributed by atoms with van der Waals surface area (Å²) in [4.78, 5) is -0.616. The van der Waals surface area contributed by atoms with Crippen LogP contribution in [0.15, 0.2) is 63.7 Å². The van der Waals surface area contributed by atoms with Crippen LogP contribution < -0.4 is 34.3 Å². The van der Waals surface area contributed by atoms with Crippen molar-refractivity contribution in [2.75, 3.05) is 7.11 Å². The molecule has 10 heteroatoms. The minimum atomic E-state index is -4.88. The van der Waals surface area contributed by atoms with Crippen molar-refractivity contribution in [3.05, 3.63) is 48.5 Å². The Morgan fingerprint density at radius 2 is 1.67 bits per heavy atom. The molecule has 0 saturated carbocycles. The Balaban J connectivity index is 0.00000261. The third-order valence-electron chi connectivity index (χ3n) is 3.68. The molecule has 0 spiro atoms. The number of hydrogen-bond acceptors (Lipinski definition) is 8. The fourth-order valence-electron chi connectivity index (χ4n) is 2.50. The van der Waals surface area contributed by atoms with Gasteiger partial charge in [0.05, 0.1) is 17.4 Å². The van der Waals surface area contributed by atoms with E-state index < -0.39 is 20.8 Å². The summed E-state index contributed by atoms with van der Waals surface area (Å²) in [5, 5.41) is 27.8.